The van der Waals surface area contributed by atoms with Gasteiger partial charge < -0.3 is 19.9 Å². The molecule has 0 fully saturated rings. The highest BCUT2D eigenvalue weighted by Gasteiger charge is 2.16. The van der Waals surface area contributed by atoms with Crippen LogP contribution < -0.4 is 15.4 Å². The molecule has 0 radical (unpaired) electrons. The van der Waals surface area contributed by atoms with Gasteiger partial charge in [0, 0.05) is 18.8 Å². The number of benzene rings is 3. The van der Waals surface area contributed by atoms with Crippen molar-refractivity contribution in [2.24, 2.45) is 7.05 Å². The predicted octanol–water partition coefficient (Wildman–Crippen LogP) is 5.68. The number of nitrogens with zero attached hydrogens (tertiary/aromatic N) is 5. The van der Waals surface area contributed by atoms with Gasteiger partial charge in [0.15, 0.2) is 15.3 Å². The summed E-state index contributed by atoms with van der Waals surface area (Å²) < 4.78 is 9.18. The molecule has 0 atom stereocenters. The Hall–Kier alpha value is -4.47. The molecule has 3 aromatic carbocycles. The zero-order chi connectivity index (χ0) is 30.3. The quantitative estimate of drug-likeness (QED) is 0.0994. The van der Waals surface area contributed by atoms with Gasteiger partial charge in [-0.1, -0.05) is 53.9 Å². The number of amides is 2. The molecular weight excluding hydrogens is 611 g/mol. The third kappa shape index (κ3) is 7.68. The SMILES string of the molecule is Cc1ccccc1OCc1nnc(SCC(=O)Nc2ccc3nc(SCC(=O)Nc4ccccc4[N+](=O)[O-])sc3c2)n1C. The minimum absolute atomic E-state index is 0.0362. The van der Waals surface area contributed by atoms with Crippen molar-refractivity contribution >= 4 is 74.0 Å². The van der Waals surface area contributed by atoms with Crippen molar-refractivity contribution in [2.45, 2.75) is 23.0 Å². The third-order valence-corrected chi connectivity index (χ3v) is 9.24. The Morgan fingerprint density at radius 3 is 2.56 bits per heavy atom. The zero-order valence-corrected chi connectivity index (χ0v) is 25.4. The minimum atomic E-state index is -0.540. The summed E-state index contributed by atoms with van der Waals surface area (Å²) in [6.45, 7) is 2.24. The lowest BCUT2D eigenvalue weighted by molar-refractivity contribution is -0.383. The van der Waals surface area contributed by atoms with Crippen molar-refractivity contribution in [3.05, 3.63) is 88.2 Å². The van der Waals surface area contributed by atoms with Gasteiger partial charge in [-0.3, -0.25) is 19.7 Å². The average Bonchev–Trinajstić information content (AvgIpc) is 3.56. The molecule has 0 aliphatic carbocycles. The summed E-state index contributed by atoms with van der Waals surface area (Å²) >= 11 is 3.89. The number of nitrogens with one attached hydrogen (secondary N) is 2. The van der Waals surface area contributed by atoms with Crippen LogP contribution in [0.5, 0.6) is 5.75 Å². The number of carbonyl (C=O) groups is 2. The number of para-hydroxylation sites is 3. The lowest BCUT2D eigenvalue weighted by atomic mass is 10.2. The van der Waals surface area contributed by atoms with Gasteiger partial charge in [0.05, 0.1) is 26.6 Å². The van der Waals surface area contributed by atoms with Crippen LogP contribution >= 0.6 is 34.9 Å². The van der Waals surface area contributed by atoms with E-state index in [1.54, 1.807) is 22.8 Å². The predicted molar refractivity (Wildman–Crippen MR) is 168 cm³/mol. The number of thioether (sulfide) groups is 2. The topological polar surface area (TPSA) is 154 Å². The summed E-state index contributed by atoms with van der Waals surface area (Å²) in [5.41, 5.74) is 2.37. The number of hydrogen-bond donors (Lipinski definition) is 2. The highest BCUT2D eigenvalue weighted by Crippen LogP contribution is 2.32. The summed E-state index contributed by atoms with van der Waals surface area (Å²) in [6.07, 6.45) is 0. The van der Waals surface area contributed by atoms with E-state index in [-0.39, 0.29) is 41.3 Å². The summed E-state index contributed by atoms with van der Waals surface area (Å²) in [7, 11) is 1.83. The van der Waals surface area contributed by atoms with E-state index in [0.29, 0.717) is 21.0 Å². The fourth-order valence-electron chi connectivity index (χ4n) is 3.88. The smallest absolute Gasteiger partial charge is 0.292 e. The van der Waals surface area contributed by atoms with E-state index in [1.807, 2.05) is 44.3 Å². The second-order valence-electron chi connectivity index (χ2n) is 9.12. The molecule has 5 rings (SSSR count). The number of aryl methyl sites for hydroxylation is 1. The molecule has 5 aromatic rings. The number of carbonyl (C=O) groups excluding carboxylic acids is 2. The molecule has 0 spiro atoms. The molecule has 15 heteroatoms. The van der Waals surface area contributed by atoms with Crippen LogP contribution in [0.3, 0.4) is 0 Å². The molecule has 220 valence electrons. The van der Waals surface area contributed by atoms with Gasteiger partial charge in [0.25, 0.3) is 5.69 Å². The van der Waals surface area contributed by atoms with E-state index in [9.17, 15) is 19.7 Å². The number of fused-ring (bicyclic) bond motifs is 1. The highest BCUT2D eigenvalue weighted by molar-refractivity contribution is 8.01. The van der Waals surface area contributed by atoms with Crippen LogP contribution in [0.25, 0.3) is 10.2 Å². The standard InChI is InChI=1S/C28H25N7O5S3/c1-17-7-3-6-10-22(17)40-14-24-32-33-27(34(24)2)41-15-25(36)29-18-11-12-20-23(13-18)43-28(31-20)42-16-26(37)30-19-8-4-5-9-21(19)35(38)39/h3-13H,14-16H2,1-2H3,(H,29,36)(H,30,37). The largest absolute Gasteiger partial charge is 0.485 e. The first-order valence-electron chi connectivity index (χ1n) is 12.8. The maximum Gasteiger partial charge on any atom is 0.292 e. The Balaban J connectivity index is 1.11. The molecule has 43 heavy (non-hydrogen) atoms. The summed E-state index contributed by atoms with van der Waals surface area (Å²) in [5, 5.41) is 25.6. The Morgan fingerprint density at radius 1 is 1.00 bits per heavy atom. The molecule has 0 saturated heterocycles. The van der Waals surface area contributed by atoms with E-state index < -0.39 is 4.92 Å². The number of hydrogen-bond acceptors (Lipinski definition) is 11. The molecule has 12 nitrogen and oxygen atoms in total. The Bertz CT molecular complexity index is 1810. The normalized spacial score (nSPS) is 10.9. The van der Waals surface area contributed by atoms with Crippen molar-refractivity contribution in [3.8, 4) is 5.75 Å². The Morgan fingerprint density at radius 2 is 1.74 bits per heavy atom. The first-order chi connectivity index (χ1) is 20.8. The van der Waals surface area contributed by atoms with E-state index in [2.05, 4.69) is 25.8 Å². The second-order valence-corrected chi connectivity index (χ2v) is 12.3. The second kappa shape index (κ2) is 13.7. The van der Waals surface area contributed by atoms with Gasteiger partial charge in [-0.25, -0.2) is 4.98 Å². The highest BCUT2D eigenvalue weighted by atomic mass is 32.2. The summed E-state index contributed by atoms with van der Waals surface area (Å²) in [4.78, 5) is 40.2. The van der Waals surface area contributed by atoms with Gasteiger partial charge in [0.2, 0.25) is 11.8 Å². The maximum atomic E-state index is 12.7. The van der Waals surface area contributed by atoms with Gasteiger partial charge >= 0.3 is 0 Å². The van der Waals surface area contributed by atoms with E-state index in [0.717, 1.165) is 21.5 Å². The molecule has 0 aliphatic heterocycles. The van der Waals surface area contributed by atoms with Gasteiger partial charge in [-0.15, -0.1) is 21.5 Å². The molecule has 0 saturated carbocycles. The molecule has 2 aromatic heterocycles. The molecule has 0 aliphatic rings. The number of rotatable bonds is 12. The number of ether oxygens (including phenoxy) is 1. The van der Waals surface area contributed by atoms with Gasteiger partial charge in [0.1, 0.15) is 18.0 Å². The van der Waals surface area contributed by atoms with Crippen molar-refractivity contribution in [1.29, 1.82) is 0 Å². The van der Waals surface area contributed by atoms with Gasteiger partial charge in [-0.2, -0.15) is 0 Å². The maximum absolute atomic E-state index is 12.7. The van der Waals surface area contributed by atoms with E-state index in [1.165, 1.54) is 53.1 Å². The number of aromatic nitrogens is 4. The first-order valence-corrected chi connectivity index (χ1v) is 15.6. The number of thiazole rings is 1. The lowest BCUT2D eigenvalue weighted by Crippen LogP contribution is -2.15. The van der Waals surface area contributed by atoms with E-state index in [4.69, 9.17) is 4.74 Å². The fraction of sp³-hybridized carbons (Fsp3) is 0.179. The minimum Gasteiger partial charge on any atom is -0.485 e. The number of anilines is 2. The van der Waals surface area contributed by atoms with Crippen LogP contribution in [0.4, 0.5) is 17.1 Å². The molecular formula is C28H25N7O5S3. The Kier molecular flexibility index (Phi) is 9.54. The van der Waals surface area contributed by atoms with Crippen LogP contribution in [0.15, 0.2) is 76.2 Å². The summed E-state index contributed by atoms with van der Waals surface area (Å²) in [6, 6.07) is 19.1. The summed E-state index contributed by atoms with van der Waals surface area (Å²) in [5.74, 6) is 1.03. The third-order valence-electron chi connectivity index (χ3n) is 6.06. The van der Waals surface area contributed by atoms with Crippen molar-refractivity contribution in [3.63, 3.8) is 0 Å². The van der Waals surface area contributed by atoms with Crippen molar-refractivity contribution in [1.82, 2.24) is 19.7 Å². The first kappa shape index (κ1) is 30.0. The van der Waals surface area contributed by atoms with Crippen molar-refractivity contribution in [2.75, 3.05) is 22.1 Å². The van der Waals surface area contributed by atoms with Crippen LogP contribution in [-0.2, 0) is 23.2 Å². The fourth-order valence-corrected chi connectivity index (χ4v) is 6.52. The van der Waals surface area contributed by atoms with Crippen LogP contribution in [0.1, 0.15) is 11.4 Å². The molecule has 0 bridgehead atoms. The van der Waals surface area contributed by atoms with Crippen molar-refractivity contribution < 1.29 is 19.2 Å². The molecule has 0 unspecified atom stereocenters. The van der Waals surface area contributed by atoms with E-state index >= 15 is 0 Å². The molecule has 2 N–H and O–H groups in total. The average molecular weight is 636 g/mol. The number of nitro groups is 1. The van der Waals surface area contributed by atoms with Crippen LogP contribution in [0.2, 0.25) is 0 Å². The van der Waals surface area contributed by atoms with Crippen LogP contribution in [-0.4, -0.2) is 48.0 Å². The Labute approximate surface area is 258 Å². The number of nitro benzene ring substituents is 1. The molecule has 2 heterocycles. The van der Waals surface area contributed by atoms with Gasteiger partial charge in [-0.05, 0) is 42.8 Å². The zero-order valence-electron chi connectivity index (χ0n) is 23.0. The molecule has 2 amide bonds. The lowest BCUT2D eigenvalue weighted by Gasteiger charge is -2.08. The monoisotopic (exact) mass is 635 g/mol. The van der Waals surface area contributed by atoms with Crippen LogP contribution in [0, 0.1) is 17.0 Å².